The number of aliphatic hydroxyl groups excluding tert-OH is 1. The van der Waals surface area contributed by atoms with E-state index in [1.165, 1.54) is 0 Å². The van der Waals surface area contributed by atoms with Crippen LogP contribution in [0.1, 0.15) is 52.5 Å². The fraction of sp³-hybridized carbons (Fsp3) is 0.594. The van der Waals surface area contributed by atoms with Crippen molar-refractivity contribution >= 4 is 29.5 Å². The van der Waals surface area contributed by atoms with E-state index in [4.69, 9.17) is 0 Å². The molecule has 3 heterocycles. The van der Waals surface area contributed by atoms with Crippen LogP contribution in [-0.4, -0.2) is 85.3 Å². The molecule has 3 aliphatic rings. The lowest BCUT2D eigenvalue weighted by Crippen LogP contribution is -2.59. The molecule has 4 rings (SSSR count). The highest BCUT2D eigenvalue weighted by molar-refractivity contribution is 8.02. The first-order valence-corrected chi connectivity index (χ1v) is 15.5. The first-order chi connectivity index (χ1) is 19.2. The Morgan fingerprint density at radius 2 is 1.82 bits per heavy atom. The molecule has 1 aromatic carbocycles. The molecule has 3 amide bonds. The molecule has 3 aliphatic heterocycles. The van der Waals surface area contributed by atoms with Crippen LogP contribution < -0.4 is 0 Å². The summed E-state index contributed by atoms with van der Waals surface area (Å²) in [5.41, 5.74) is 1.02. The third-order valence-electron chi connectivity index (χ3n) is 9.21. The average Bonchev–Trinajstić information content (AvgIpc) is 3.59. The molecule has 7 atom stereocenters. The zero-order chi connectivity index (χ0) is 29.2. The normalized spacial score (nSPS) is 28.4. The fourth-order valence-corrected chi connectivity index (χ4v) is 9.27. The summed E-state index contributed by atoms with van der Waals surface area (Å²) in [5, 5.41) is 10.5. The van der Waals surface area contributed by atoms with Crippen LogP contribution in [0.4, 0.5) is 0 Å². The number of hydrogen-bond acceptors (Lipinski definition) is 5. The number of amides is 3. The van der Waals surface area contributed by atoms with Gasteiger partial charge in [0.1, 0.15) is 6.04 Å². The Hall–Kier alpha value is -2.58. The van der Waals surface area contributed by atoms with Crippen LogP contribution in [0.3, 0.4) is 0 Å². The van der Waals surface area contributed by atoms with E-state index in [9.17, 15) is 19.5 Å². The maximum Gasteiger partial charge on any atom is 0.247 e. The first-order valence-electron chi connectivity index (χ1n) is 14.6. The zero-order valence-electron chi connectivity index (χ0n) is 24.4. The summed E-state index contributed by atoms with van der Waals surface area (Å²) in [5.74, 6) is -1.44. The van der Waals surface area contributed by atoms with Crippen molar-refractivity contribution in [3.8, 4) is 0 Å². The van der Waals surface area contributed by atoms with Crippen LogP contribution in [0.2, 0.25) is 0 Å². The number of carbonyl (C=O) groups is 3. The number of aliphatic hydroxyl groups is 1. The SMILES string of the molecule is C=CCN(Cc1ccccc1)C(=O)[C@@H]1[C@@H]2CCC3(S2)C(C(=O)N(CC=C)C(C)C)N([C@@H](CO)[C@@H](C)CC)C(=O)[C@H]13. The number of likely N-dealkylation sites (tertiary alicyclic amines) is 1. The van der Waals surface area contributed by atoms with Gasteiger partial charge in [0, 0.05) is 30.9 Å². The van der Waals surface area contributed by atoms with Gasteiger partial charge in [-0.2, -0.15) is 0 Å². The van der Waals surface area contributed by atoms with E-state index in [1.807, 2.05) is 58.0 Å². The van der Waals surface area contributed by atoms with Crippen LogP contribution in [-0.2, 0) is 20.9 Å². The summed E-state index contributed by atoms with van der Waals surface area (Å²) in [6.45, 7) is 16.7. The Kier molecular flexibility index (Phi) is 9.51. The summed E-state index contributed by atoms with van der Waals surface area (Å²) in [6, 6.07) is 8.55. The molecule has 1 aromatic rings. The lowest BCUT2D eigenvalue weighted by molar-refractivity contribution is -0.148. The third-order valence-corrected chi connectivity index (χ3v) is 11.2. The number of hydrogen-bond donors (Lipinski definition) is 1. The molecule has 1 spiro atoms. The maximum atomic E-state index is 14.5. The Labute approximate surface area is 243 Å². The van der Waals surface area contributed by atoms with Gasteiger partial charge in [-0.3, -0.25) is 14.4 Å². The van der Waals surface area contributed by atoms with E-state index in [-0.39, 0.29) is 41.5 Å². The quantitative estimate of drug-likeness (QED) is 0.363. The molecule has 0 radical (unpaired) electrons. The second-order valence-corrected chi connectivity index (χ2v) is 13.4. The lowest BCUT2D eigenvalue weighted by atomic mass is 9.70. The molecular weight excluding hydrogens is 522 g/mol. The Balaban J connectivity index is 1.77. The smallest absolute Gasteiger partial charge is 0.247 e. The highest BCUT2D eigenvalue weighted by Gasteiger charge is 2.74. The highest BCUT2D eigenvalue weighted by Crippen LogP contribution is 2.67. The summed E-state index contributed by atoms with van der Waals surface area (Å²) < 4.78 is -0.694. The molecule has 0 saturated carbocycles. The van der Waals surface area contributed by atoms with Gasteiger partial charge in [0.15, 0.2) is 0 Å². The second-order valence-electron chi connectivity index (χ2n) is 11.8. The van der Waals surface area contributed by atoms with E-state index in [1.54, 1.807) is 38.6 Å². The van der Waals surface area contributed by atoms with Gasteiger partial charge in [-0.15, -0.1) is 24.9 Å². The Morgan fingerprint density at radius 1 is 1.15 bits per heavy atom. The largest absolute Gasteiger partial charge is 0.394 e. The predicted octanol–water partition coefficient (Wildman–Crippen LogP) is 4.12. The van der Waals surface area contributed by atoms with Crippen molar-refractivity contribution in [1.29, 1.82) is 0 Å². The molecule has 8 heteroatoms. The Bertz CT molecular complexity index is 1110. The number of carbonyl (C=O) groups excluding carboxylic acids is 3. The van der Waals surface area contributed by atoms with Crippen molar-refractivity contribution in [2.75, 3.05) is 19.7 Å². The van der Waals surface area contributed by atoms with E-state index < -0.39 is 28.7 Å². The molecule has 3 fully saturated rings. The lowest BCUT2D eigenvalue weighted by Gasteiger charge is -2.42. The van der Waals surface area contributed by atoms with Crippen molar-refractivity contribution in [1.82, 2.24) is 14.7 Å². The topological polar surface area (TPSA) is 81.2 Å². The van der Waals surface area contributed by atoms with Crippen molar-refractivity contribution in [2.45, 2.75) is 81.6 Å². The predicted molar refractivity (Wildman–Crippen MR) is 160 cm³/mol. The van der Waals surface area contributed by atoms with Gasteiger partial charge in [-0.25, -0.2) is 0 Å². The van der Waals surface area contributed by atoms with Crippen molar-refractivity contribution in [3.63, 3.8) is 0 Å². The number of rotatable bonds is 13. The van der Waals surface area contributed by atoms with Gasteiger partial charge in [0.2, 0.25) is 17.7 Å². The fourth-order valence-electron chi connectivity index (χ4n) is 7.08. The minimum absolute atomic E-state index is 0.00178. The maximum absolute atomic E-state index is 14.5. The minimum Gasteiger partial charge on any atom is -0.394 e. The standard InChI is InChI=1S/C32H45N3O4S/c1-7-17-33(19-23-13-11-10-12-14-23)29(37)26-25-15-16-32(40-25)27(26)30(38)35(24(20-36)22(6)9-3)28(32)31(39)34(18-8-2)21(4)5/h7-8,10-14,21-22,24-28,36H,1-2,9,15-20H2,3-6H3/t22-,24-,25-,26+,27-,28?,32?/m0/s1. The first kappa shape index (κ1) is 30.4. The van der Waals surface area contributed by atoms with Crippen LogP contribution in [0.25, 0.3) is 0 Å². The second kappa shape index (κ2) is 12.5. The van der Waals surface area contributed by atoms with Crippen LogP contribution >= 0.6 is 11.8 Å². The molecule has 218 valence electrons. The van der Waals surface area contributed by atoms with Gasteiger partial charge in [0.05, 0.1) is 29.2 Å². The van der Waals surface area contributed by atoms with Gasteiger partial charge in [-0.1, -0.05) is 62.8 Å². The minimum atomic E-state index is -0.728. The highest BCUT2D eigenvalue weighted by atomic mass is 32.2. The summed E-state index contributed by atoms with van der Waals surface area (Å²) in [6.07, 6.45) is 5.69. The summed E-state index contributed by atoms with van der Waals surface area (Å²) in [4.78, 5) is 48.5. The molecule has 0 aromatic heterocycles. The van der Waals surface area contributed by atoms with Gasteiger partial charge in [0.25, 0.3) is 0 Å². The summed E-state index contributed by atoms with van der Waals surface area (Å²) >= 11 is 1.68. The van der Waals surface area contributed by atoms with Gasteiger partial charge >= 0.3 is 0 Å². The molecule has 7 nitrogen and oxygen atoms in total. The van der Waals surface area contributed by atoms with Crippen LogP contribution in [0, 0.1) is 17.8 Å². The molecule has 3 saturated heterocycles. The number of benzene rings is 1. The van der Waals surface area contributed by atoms with E-state index in [2.05, 4.69) is 13.2 Å². The van der Waals surface area contributed by atoms with Gasteiger partial charge in [-0.05, 0) is 38.2 Å². The van der Waals surface area contributed by atoms with Crippen LogP contribution in [0.5, 0.6) is 0 Å². The van der Waals surface area contributed by atoms with E-state index >= 15 is 0 Å². The monoisotopic (exact) mass is 567 g/mol. The van der Waals surface area contributed by atoms with Gasteiger partial charge < -0.3 is 19.8 Å². The molecule has 2 unspecified atom stereocenters. The van der Waals surface area contributed by atoms with Crippen LogP contribution in [0.15, 0.2) is 55.6 Å². The molecule has 0 aliphatic carbocycles. The Morgan fingerprint density at radius 3 is 2.40 bits per heavy atom. The van der Waals surface area contributed by atoms with Crippen molar-refractivity contribution in [2.24, 2.45) is 17.8 Å². The number of fused-ring (bicyclic) bond motifs is 1. The van der Waals surface area contributed by atoms with E-state index in [0.29, 0.717) is 26.1 Å². The number of thioether (sulfide) groups is 1. The van der Waals surface area contributed by atoms with Crippen molar-refractivity contribution < 1.29 is 19.5 Å². The molecule has 1 N–H and O–H groups in total. The van der Waals surface area contributed by atoms with Crippen molar-refractivity contribution in [3.05, 3.63) is 61.2 Å². The average molecular weight is 568 g/mol. The third kappa shape index (κ3) is 5.13. The van der Waals surface area contributed by atoms with E-state index in [0.717, 1.165) is 18.4 Å². The number of nitrogens with zero attached hydrogens (tertiary/aromatic N) is 3. The molecule has 2 bridgehead atoms. The molecular formula is C32H45N3O4S. The zero-order valence-corrected chi connectivity index (χ0v) is 25.2. The molecule has 40 heavy (non-hydrogen) atoms. The summed E-state index contributed by atoms with van der Waals surface area (Å²) in [7, 11) is 0.